The topological polar surface area (TPSA) is 17.8 Å². The van der Waals surface area contributed by atoms with Crippen molar-refractivity contribution in [2.24, 2.45) is 0 Å². The summed E-state index contributed by atoms with van der Waals surface area (Å²) in [6.45, 7) is 0. The van der Waals surface area contributed by atoms with Gasteiger partial charge in [-0.25, -0.2) is 9.37 Å². The lowest BCUT2D eigenvalue weighted by Crippen LogP contribution is -2.00. The van der Waals surface area contributed by atoms with Gasteiger partial charge in [-0.05, 0) is 30.3 Å². The Morgan fingerprint density at radius 3 is 2.60 bits per heavy atom. The zero-order valence-electron chi connectivity index (χ0n) is 10.1. The Balaban J connectivity index is 2.37. The van der Waals surface area contributed by atoms with Crippen molar-refractivity contribution in [3.63, 3.8) is 0 Å². The van der Waals surface area contributed by atoms with E-state index in [1.165, 1.54) is 12.1 Å². The first-order valence-electron chi connectivity index (χ1n) is 5.79. The Bertz CT molecular complexity index is 798. The molecule has 1 aromatic heterocycles. The van der Waals surface area contributed by atoms with Crippen LogP contribution in [0.15, 0.2) is 36.4 Å². The number of fused-ring (bicyclic) bond motifs is 1. The van der Waals surface area contributed by atoms with Crippen LogP contribution in [0.4, 0.5) is 4.39 Å². The third-order valence-electron chi connectivity index (χ3n) is 2.98. The number of hydrogen-bond donors (Lipinski definition) is 0. The van der Waals surface area contributed by atoms with Crippen LogP contribution in [0.1, 0.15) is 5.82 Å². The van der Waals surface area contributed by atoms with Crippen molar-refractivity contribution < 1.29 is 4.39 Å². The molecule has 0 fully saturated rings. The third-order valence-corrected chi connectivity index (χ3v) is 3.82. The summed E-state index contributed by atoms with van der Waals surface area (Å²) in [6.07, 6.45) is 0. The predicted octanol–water partition coefficient (Wildman–Crippen LogP) is 5.21. The maximum atomic E-state index is 13.2. The third kappa shape index (κ3) is 2.16. The van der Waals surface area contributed by atoms with Crippen molar-refractivity contribution in [3.05, 3.63) is 58.1 Å². The smallest absolute Gasteiger partial charge is 0.129 e. The van der Waals surface area contributed by atoms with E-state index < -0.39 is 5.82 Å². The molecule has 0 aliphatic heterocycles. The molecule has 2 nitrogen and oxygen atoms in total. The fourth-order valence-electron chi connectivity index (χ4n) is 2.13. The molecule has 0 amide bonds. The average molecular weight is 330 g/mol. The molecule has 2 aromatic carbocycles. The van der Waals surface area contributed by atoms with E-state index in [4.69, 9.17) is 34.8 Å². The van der Waals surface area contributed by atoms with Gasteiger partial charge in [0.2, 0.25) is 0 Å². The van der Waals surface area contributed by atoms with Gasteiger partial charge in [-0.2, -0.15) is 0 Å². The zero-order valence-corrected chi connectivity index (χ0v) is 12.3. The van der Waals surface area contributed by atoms with E-state index in [0.29, 0.717) is 22.1 Å². The molecular weight excluding hydrogens is 322 g/mol. The van der Waals surface area contributed by atoms with Gasteiger partial charge in [0.25, 0.3) is 0 Å². The lowest BCUT2D eigenvalue weighted by Gasteiger charge is -2.10. The number of imidazole rings is 1. The first kappa shape index (κ1) is 13.7. The number of para-hydroxylation sites is 1. The molecule has 0 radical (unpaired) electrons. The molecule has 20 heavy (non-hydrogen) atoms. The monoisotopic (exact) mass is 328 g/mol. The lowest BCUT2D eigenvalue weighted by molar-refractivity contribution is 0.627. The maximum absolute atomic E-state index is 13.2. The first-order valence-corrected chi connectivity index (χ1v) is 7.08. The SMILES string of the molecule is Fc1ccc(-n2c(CCl)nc3c(Cl)cccc32)c(Cl)c1. The van der Waals surface area contributed by atoms with Crippen molar-refractivity contribution in [2.45, 2.75) is 5.88 Å². The molecule has 0 aliphatic carbocycles. The van der Waals surface area contributed by atoms with Gasteiger partial charge in [0.05, 0.1) is 27.1 Å². The number of alkyl halides is 1. The Hall–Kier alpha value is -1.29. The summed E-state index contributed by atoms with van der Waals surface area (Å²) < 4.78 is 15.0. The van der Waals surface area contributed by atoms with Crippen LogP contribution < -0.4 is 0 Å². The minimum absolute atomic E-state index is 0.193. The van der Waals surface area contributed by atoms with Gasteiger partial charge in [-0.1, -0.05) is 29.3 Å². The summed E-state index contributed by atoms with van der Waals surface area (Å²) >= 11 is 18.2. The highest BCUT2D eigenvalue weighted by Gasteiger charge is 2.15. The summed E-state index contributed by atoms with van der Waals surface area (Å²) in [5.41, 5.74) is 2.04. The van der Waals surface area contributed by atoms with E-state index in [0.717, 1.165) is 5.52 Å². The highest BCUT2D eigenvalue weighted by molar-refractivity contribution is 6.35. The van der Waals surface area contributed by atoms with E-state index in [2.05, 4.69) is 4.98 Å². The van der Waals surface area contributed by atoms with Gasteiger partial charge in [0.15, 0.2) is 0 Å². The van der Waals surface area contributed by atoms with E-state index in [-0.39, 0.29) is 10.9 Å². The molecule has 1 heterocycles. The average Bonchev–Trinajstić information content (AvgIpc) is 2.79. The Labute approximate surface area is 129 Å². The Kier molecular flexibility index (Phi) is 3.59. The molecule has 0 spiro atoms. The van der Waals surface area contributed by atoms with Crippen LogP contribution in [0, 0.1) is 5.82 Å². The molecule has 0 aliphatic rings. The van der Waals surface area contributed by atoms with E-state index in [1.807, 2.05) is 12.1 Å². The fourth-order valence-corrected chi connectivity index (χ4v) is 2.78. The second kappa shape index (κ2) is 5.24. The minimum atomic E-state index is -0.395. The van der Waals surface area contributed by atoms with Crippen LogP contribution in [-0.4, -0.2) is 9.55 Å². The molecule has 0 N–H and O–H groups in total. The van der Waals surface area contributed by atoms with Crippen molar-refractivity contribution in [3.8, 4) is 5.69 Å². The molecule has 6 heteroatoms. The predicted molar refractivity (Wildman–Crippen MR) is 80.6 cm³/mol. The molecule has 3 rings (SSSR count). The van der Waals surface area contributed by atoms with Gasteiger partial charge in [-0.15, -0.1) is 11.6 Å². The molecule has 0 unspecified atom stereocenters. The number of nitrogens with zero attached hydrogens (tertiary/aromatic N) is 2. The normalized spacial score (nSPS) is 11.2. The highest BCUT2D eigenvalue weighted by Crippen LogP contribution is 2.31. The molecule has 0 atom stereocenters. The maximum Gasteiger partial charge on any atom is 0.129 e. The molecular formula is C14H8Cl3FN2. The number of benzene rings is 2. The van der Waals surface area contributed by atoms with Crippen LogP contribution >= 0.6 is 34.8 Å². The van der Waals surface area contributed by atoms with Gasteiger partial charge in [0, 0.05) is 0 Å². The molecule has 3 aromatic rings. The number of aromatic nitrogens is 2. The van der Waals surface area contributed by atoms with Crippen LogP contribution in [0.5, 0.6) is 0 Å². The lowest BCUT2D eigenvalue weighted by atomic mass is 10.2. The van der Waals surface area contributed by atoms with E-state index >= 15 is 0 Å². The van der Waals surface area contributed by atoms with Crippen LogP contribution in [0.2, 0.25) is 10.0 Å². The number of halogens is 4. The minimum Gasteiger partial charge on any atom is -0.294 e. The largest absolute Gasteiger partial charge is 0.294 e. The number of rotatable bonds is 2. The second-order valence-corrected chi connectivity index (χ2v) is 5.28. The van der Waals surface area contributed by atoms with Crippen LogP contribution in [-0.2, 0) is 5.88 Å². The zero-order chi connectivity index (χ0) is 14.3. The first-order chi connectivity index (χ1) is 9.61. The van der Waals surface area contributed by atoms with E-state index in [1.54, 1.807) is 16.7 Å². The molecule has 0 saturated carbocycles. The van der Waals surface area contributed by atoms with Crippen LogP contribution in [0.25, 0.3) is 16.7 Å². The summed E-state index contributed by atoms with van der Waals surface area (Å²) in [4.78, 5) is 4.42. The standard InChI is InChI=1S/C14H8Cl3FN2/c15-7-13-19-14-9(16)2-1-3-12(14)20(13)11-5-4-8(18)6-10(11)17/h1-6H,7H2. The summed E-state index contributed by atoms with van der Waals surface area (Å²) in [5.74, 6) is 0.399. The van der Waals surface area contributed by atoms with E-state index in [9.17, 15) is 4.39 Å². The van der Waals surface area contributed by atoms with Gasteiger partial charge in [-0.3, -0.25) is 4.57 Å². The highest BCUT2D eigenvalue weighted by atomic mass is 35.5. The Morgan fingerprint density at radius 1 is 1.10 bits per heavy atom. The van der Waals surface area contributed by atoms with Crippen LogP contribution in [0.3, 0.4) is 0 Å². The summed E-state index contributed by atoms with van der Waals surface area (Å²) in [7, 11) is 0. The van der Waals surface area contributed by atoms with Crippen molar-refractivity contribution in [1.82, 2.24) is 9.55 Å². The van der Waals surface area contributed by atoms with Crippen molar-refractivity contribution in [2.75, 3.05) is 0 Å². The van der Waals surface area contributed by atoms with Gasteiger partial charge >= 0.3 is 0 Å². The molecule has 0 bridgehead atoms. The second-order valence-electron chi connectivity index (χ2n) is 4.20. The quantitative estimate of drug-likeness (QED) is 0.590. The van der Waals surface area contributed by atoms with Crippen molar-refractivity contribution >= 4 is 45.8 Å². The Morgan fingerprint density at radius 2 is 1.90 bits per heavy atom. The van der Waals surface area contributed by atoms with Gasteiger partial charge in [0.1, 0.15) is 17.2 Å². The molecule has 102 valence electrons. The number of hydrogen-bond acceptors (Lipinski definition) is 1. The summed E-state index contributed by atoms with van der Waals surface area (Å²) in [6, 6.07) is 9.63. The molecule has 0 saturated heterocycles. The van der Waals surface area contributed by atoms with Crippen molar-refractivity contribution in [1.29, 1.82) is 0 Å². The summed E-state index contributed by atoms with van der Waals surface area (Å²) in [5, 5.41) is 0.821. The fraction of sp³-hybridized carbons (Fsp3) is 0.0714. The van der Waals surface area contributed by atoms with Gasteiger partial charge < -0.3 is 0 Å².